The zero-order valence-electron chi connectivity index (χ0n) is 22.4. The van der Waals surface area contributed by atoms with Crippen molar-refractivity contribution in [2.75, 3.05) is 10.2 Å². The highest BCUT2D eigenvalue weighted by Crippen LogP contribution is 2.38. The number of hydrogen-bond acceptors (Lipinski definition) is 8. The van der Waals surface area contributed by atoms with Gasteiger partial charge in [0.25, 0.3) is 5.56 Å². The topological polar surface area (TPSA) is 155 Å². The van der Waals surface area contributed by atoms with E-state index in [1.54, 1.807) is 26.2 Å². The van der Waals surface area contributed by atoms with Gasteiger partial charge >= 0.3 is 12.3 Å². The van der Waals surface area contributed by atoms with Crippen molar-refractivity contribution in [2.45, 2.75) is 50.9 Å². The molecule has 4 aromatic rings. The summed E-state index contributed by atoms with van der Waals surface area (Å²) in [7, 11) is 1.63. The number of aryl methyl sites for hydroxylation is 2. The summed E-state index contributed by atoms with van der Waals surface area (Å²) < 4.78 is 42.4. The normalized spacial score (nSPS) is 17.2. The first kappa shape index (κ1) is 29.0. The molecule has 42 heavy (non-hydrogen) atoms. The molecular weight excluding hydrogens is 579 g/mol. The van der Waals surface area contributed by atoms with Crippen LogP contribution in [0.25, 0.3) is 22.6 Å². The number of H-pyrrole nitrogens is 1. The number of alkyl halides is 3. The number of aromatic nitrogens is 7. The van der Waals surface area contributed by atoms with Crippen molar-refractivity contribution in [1.29, 1.82) is 0 Å². The van der Waals surface area contributed by atoms with Gasteiger partial charge in [0.1, 0.15) is 17.0 Å². The van der Waals surface area contributed by atoms with Crippen LogP contribution in [0.15, 0.2) is 41.7 Å². The minimum absolute atomic E-state index is 0.0227. The number of carbonyl (C=O) groups is 1. The Labute approximate surface area is 241 Å². The summed E-state index contributed by atoms with van der Waals surface area (Å²) in [6, 6.07) is 2.51. The van der Waals surface area contributed by atoms with Crippen LogP contribution in [-0.4, -0.2) is 58.0 Å². The Kier molecular flexibility index (Phi) is 7.86. The highest BCUT2D eigenvalue weighted by atomic mass is 35.5. The number of hydrogen-bond donors (Lipinski definition) is 3. The molecule has 4 heterocycles. The predicted octanol–water partition coefficient (Wildman–Crippen LogP) is 4.91. The van der Waals surface area contributed by atoms with Crippen molar-refractivity contribution < 1.29 is 23.1 Å². The number of aromatic amines is 1. The Morgan fingerprint density at radius 3 is 2.45 bits per heavy atom. The second kappa shape index (κ2) is 11.4. The van der Waals surface area contributed by atoms with Gasteiger partial charge in [0.2, 0.25) is 5.95 Å². The van der Waals surface area contributed by atoms with E-state index in [9.17, 15) is 27.9 Å². The molecule has 0 atom stereocenters. The Bertz CT molecular complexity index is 1670. The van der Waals surface area contributed by atoms with Crippen LogP contribution in [0.4, 0.5) is 29.7 Å². The highest BCUT2D eigenvalue weighted by molar-refractivity contribution is 6.33. The molecule has 1 saturated carbocycles. The van der Waals surface area contributed by atoms with E-state index in [1.807, 2.05) is 0 Å². The van der Waals surface area contributed by atoms with E-state index in [0.717, 1.165) is 4.90 Å². The van der Waals surface area contributed by atoms with E-state index < -0.39 is 29.6 Å². The summed E-state index contributed by atoms with van der Waals surface area (Å²) in [5, 5.41) is 19.5. The van der Waals surface area contributed by atoms with E-state index in [-0.39, 0.29) is 34.1 Å². The predicted molar refractivity (Wildman–Crippen MR) is 147 cm³/mol. The third-order valence-electron chi connectivity index (χ3n) is 7.08. The van der Waals surface area contributed by atoms with E-state index in [2.05, 4.69) is 35.5 Å². The van der Waals surface area contributed by atoms with Gasteiger partial charge in [0.05, 0.1) is 28.8 Å². The molecule has 0 aromatic carbocycles. The van der Waals surface area contributed by atoms with E-state index >= 15 is 0 Å². The number of rotatable bonds is 6. The van der Waals surface area contributed by atoms with Crippen molar-refractivity contribution in [3.05, 3.63) is 63.6 Å². The van der Waals surface area contributed by atoms with Crippen LogP contribution in [0, 0.1) is 6.92 Å². The van der Waals surface area contributed by atoms with Gasteiger partial charge in [-0.1, -0.05) is 11.6 Å². The average molecular weight is 604 g/mol. The fourth-order valence-electron chi connectivity index (χ4n) is 4.82. The first-order chi connectivity index (χ1) is 19.9. The number of amides is 1. The summed E-state index contributed by atoms with van der Waals surface area (Å²) in [5.74, 6) is 0.124. The fraction of sp³-hybridized carbons (Fsp3) is 0.346. The smallest absolute Gasteiger partial charge is 0.420 e. The van der Waals surface area contributed by atoms with Gasteiger partial charge in [-0.15, -0.1) is 0 Å². The maximum Gasteiger partial charge on any atom is 0.420 e. The molecule has 0 aliphatic heterocycles. The van der Waals surface area contributed by atoms with Crippen LogP contribution in [0.1, 0.15) is 36.9 Å². The second-order valence-electron chi connectivity index (χ2n) is 9.89. The van der Waals surface area contributed by atoms with Crippen LogP contribution in [-0.2, 0) is 13.2 Å². The zero-order chi connectivity index (χ0) is 30.2. The number of pyridine rings is 1. The van der Waals surface area contributed by atoms with E-state index in [1.165, 1.54) is 23.0 Å². The number of halogens is 4. The standard InChI is InChI=1S/C26H25ClF3N9O3/c1-13-21(27)23(37-36-13)22-17(26(28,29)30)10-33-24(35-22)34-15-3-5-16(6-4-15)39(25(41)42)19-12-31-18(11-32-19)14-7-8-38(2)20(40)9-14/h7-12,15-16H,3-6H2,1-2H3,(H,36,37)(H,41,42)(H,33,34,35). The summed E-state index contributed by atoms with van der Waals surface area (Å²) in [6.07, 6.45) is 1.03. The molecule has 1 aliphatic rings. The monoisotopic (exact) mass is 603 g/mol. The molecule has 1 fully saturated rings. The third-order valence-corrected chi connectivity index (χ3v) is 7.54. The molecule has 0 bridgehead atoms. The van der Waals surface area contributed by atoms with Crippen LogP contribution >= 0.6 is 11.6 Å². The summed E-state index contributed by atoms with van der Waals surface area (Å²) in [5.41, 5.74) is -0.467. The van der Waals surface area contributed by atoms with Gasteiger partial charge in [0, 0.05) is 43.2 Å². The number of anilines is 2. The summed E-state index contributed by atoms with van der Waals surface area (Å²) in [6.45, 7) is 1.58. The molecule has 3 N–H and O–H groups in total. The van der Waals surface area contributed by atoms with Crippen LogP contribution in [0.3, 0.4) is 0 Å². The molecule has 0 saturated heterocycles. The van der Waals surface area contributed by atoms with Crippen molar-refractivity contribution in [3.8, 4) is 22.6 Å². The van der Waals surface area contributed by atoms with Gasteiger partial charge in [-0.3, -0.25) is 19.8 Å². The maximum atomic E-state index is 13.7. The first-order valence-corrected chi connectivity index (χ1v) is 13.2. The first-order valence-electron chi connectivity index (χ1n) is 12.8. The van der Waals surface area contributed by atoms with Crippen molar-refractivity contribution in [2.24, 2.45) is 7.05 Å². The molecule has 0 radical (unpaired) electrons. The van der Waals surface area contributed by atoms with Crippen LogP contribution < -0.4 is 15.8 Å². The molecule has 0 unspecified atom stereocenters. The van der Waals surface area contributed by atoms with Gasteiger partial charge in [-0.25, -0.2) is 19.7 Å². The van der Waals surface area contributed by atoms with Gasteiger partial charge < -0.3 is 15.0 Å². The molecular formula is C26H25ClF3N9O3. The zero-order valence-corrected chi connectivity index (χ0v) is 23.1. The second-order valence-corrected chi connectivity index (χ2v) is 10.3. The van der Waals surface area contributed by atoms with Gasteiger partial charge in [-0.2, -0.15) is 18.3 Å². The molecule has 220 valence electrons. The SMILES string of the molecule is Cc1[nH]nc(-c2nc(NC3CCC(N(C(=O)O)c4cnc(-c5ccn(C)c(=O)c5)cn4)CC3)ncc2C(F)(F)F)c1Cl. The number of carboxylic acid groups (broad SMARTS) is 1. The molecule has 4 aromatic heterocycles. The summed E-state index contributed by atoms with van der Waals surface area (Å²) >= 11 is 6.17. The maximum absolute atomic E-state index is 13.7. The lowest BCUT2D eigenvalue weighted by molar-refractivity contribution is -0.137. The van der Waals surface area contributed by atoms with Crippen LogP contribution in [0.2, 0.25) is 5.02 Å². The Morgan fingerprint density at radius 2 is 1.88 bits per heavy atom. The Morgan fingerprint density at radius 1 is 1.14 bits per heavy atom. The third kappa shape index (κ3) is 5.91. The van der Waals surface area contributed by atoms with Crippen LogP contribution in [0.5, 0.6) is 0 Å². The lowest BCUT2D eigenvalue weighted by atomic mass is 9.90. The van der Waals surface area contributed by atoms with Crippen molar-refractivity contribution in [3.63, 3.8) is 0 Å². The molecule has 1 amide bonds. The molecule has 16 heteroatoms. The molecule has 0 spiro atoms. The Hall–Kier alpha value is -4.53. The fourth-order valence-corrected chi connectivity index (χ4v) is 4.99. The van der Waals surface area contributed by atoms with Crippen molar-refractivity contribution in [1.82, 2.24) is 34.7 Å². The highest BCUT2D eigenvalue weighted by Gasteiger charge is 2.37. The van der Waals surface area contributed by atoms with Crippen molar-refractivity contribution >= 4 is 29.5 Å². The molecule has 12 nitrogen and oxygen atoms in total. The number of nitrogens with one attached hydrogen (secondary N) is 2. The molecule has 5 rings (SSSR count). The minimum atomic E-state index is -4.72. The Balaban J connectivity index is 1.29. The quantitative estimate of drug-likeness (QED) is 0.279. The molecule has 1 aliphatic carbocycles. The lowest BCUT2D eigenvalue weighted by Crippen LogP contribution is -2.44. The number of nitrogens with zero attached hydrogens (tertiary/aromatic N) is 7. The summed E-state index contributed by atoms with van der Waals surface area (Å²) in [4.78, 5) is 41.9. The average Bonchev–Trinajstić information content (AvgIpc) is 3.28. The van der Waals surface area contributed by atoms with Gasteiger partial charge in [-0.05, 0) is 38.7 Å². The minimum Gasteiger partial charge on any atom is -0.465 e. The van der Waals surface area contributed by atoms with Gasteiger partial charge in [0.15, 0.2) is 5.82 Å². The van der Waals surface area contributed by atoms with E-state index in [4.69, 9.17) is 11.6 Å². The van der Waals surface area contributed by atoms with E-state index in [0.29, 0.717) is 48.8 Å². The lowest BCUT2D eigenvalue weighted by Gasteiger charge is -2.34. The largest absolute Gasteiger partial charge is 0.465 e.